The highest BCUT2D eigenvalue weighted by molar-refractivity contribution is 14.1. The summed E-state index contributed by atoms with van der Waals surface area (Å²) in [4.78, 5) is 0.144. The van der Waals surface area contributed by atoms with Crippen LogP contribution in [0.1, 0.15) is 11.1 Å². The van der Waals surface area contributed by atoms with Crippen molar-refractivity contribution in [3.8, 4) is 0 Å². The van der Waals surface area contributed by atoms with E-state index in [2.05, 4.69) is 27.3 Å². The van der Waals surface area contributed by atoms with E-state index in [4.69, 9.17) is 0 Å². The molecule has 0 saturated heterocycles. The van der Waals surface area contributed by atoms with Crippen LogP contribution in [0.25, 0.3) is 0 Å². The summed E-state index contributed by atoms with van der Waals surface area (Å²) >= 11 is 2.15. The van der Waals surface area contributed by atoms with Crippen LogP contribution in [0.4, 0.5) is 5.69 Å². The first-order valence-electron chi connectivity index (χ1n) is 5.91. The summed E-state index contributed by atoms with van der Waals surface area (Å²) in [7, 11) is -3.64. The molecule has 0 aliphatic heterocycles. The second-order valence-electron chi connectivity index (χ2n) is 4.36. The molecule has 2 aromatic rings. The third kappa shape index (κ3) is 3.50. The predicted molar refractivity (Wildman–Crippen MR) is 87.1 cm³/mol. The summed E-state index contributed by atoms with van der Waals surface area (Å²) in [5.41, 5.74) is 1.98. The van der Waals surface area contributed by atoms with Crippen molar-refractivity contribution in [3.63, 3.8) is 0 Å². The molecular formula is C14H14INO3S. The van der Waals surface area contributed by atoms with Gasteiger partial charge in [0.25, 0.3) is 10.0 Å². The Balaban J connectivity index is 2.33. The minimum atomic E-state index is -3.64. The van der Waals surface area contributed by atoms with Crippen molar-refractivity contribution >= 4 is 38.3 Å². The number of benzene rings is 2. The fourth-order valence-corrected chi connectivity index (χ4v) is 3.19. The van der Waals surface area contributed by atoms with Crippen LogP contribution in [0.5, 0.6) is 0 Å². The van der Waals surface area contributed by atoms with E-state index in [1.54, 1.807) is 18.2 Å². The zero-order valence-corrected chi connectivity index (χ0v) is 13.8. The lowest BCUT2D eigenvalue weighted by atomic mass is 10.1. The maximum Gasteiger partial charge on any atom is 0.261 e. The Hall–Kier alpha value is -1.12. The average molecular weight is 403 g/mol. The van der Waals surface area contributed by atoms with Crippen molar-refractivity contribution in [2.75, 3.05) is 4.72 Å². The number of halogens is 1. The van der Waals surface area contributed by atoms with Crippen molar-refractivity contribution in [3.05, 3.63) is 57.2 Å². The second-order valence-corrected chi connectivity index (χ2v) is 7.29. The van der Waals surface area contributed by atoms with Gasteiger partial charge < -0.3 is 5.11 Å². The molecule has 2 aromatic carbocycles. The average Bonchev–Trinajstić information content (AvgIpc) is 2.41. The van der Waals surface area contributed by atoms with E-state index in [1.807, 2.05) is 19.1 Å². The number of hydrogen-bond acceptors (Lipinski definition) is 3. The summed E-state index contributed by atoms with van der Waals surface area (Å²) in [5, 5.41) is 9.21. The number of aliphatic hydroxyl groups is 1. The monoisotopic (exact) mass is 403 g/mol. The molecule has 0 aromatic heterocycles. The van der Waals surface area contributed by atoms with E-state index in [9.17, 15) is 13.5 Å². The van der Waals surface area contributed by atoms with Crippen molar-refractivity contribution in [2.45, 2.75) is 18.4 Å². The number of sulfonamides is 1. The summed E-state index contributed by atoms with van der Waals surface area (Å²) < 4.78 is 28.1. The lowest BCUT2D eigenvalue weighted by molar-refractivity contribution is 0.281. The topological polar surface area (TPSA) is 66.4 Å². The van der Waals surface area contributed by atoms with Gasteiger partial charge in [-0.2, -0.15) is 0 Å². The lowest BCUT2D eigenvalue weighted by Crippen LogP contribution is -2.13. The minimum Gasteiger partial charge on any atom is -0.392 e. The van der Waals surface area contributed by atoms with E-state index in [1.165, 1.54) is 12.1 Å². The van der Waals surface area contributed by atoms with Gasteiger partial charge in [0.15, 0.2) is 0 Å². The maximum absolute atomic E-state index is 12.3. The molecule has 2 N–H and O–H groups in total. The summed E-state index contributed by atoms with van der Waals surface area (Å²) in [6.07, 6.45) is 0. The molecule has 0 amide bonds. The zero-order valence-electron chi connectivity index (χ0n) is 10.8. The minimum absolute atomic E-state index is 0.144. The van der Waals surface area contributed by atoms with Crippen LogP contribution in [0.15, 0.2) is 47.4 Å². The molecule has 0 bridgehead atoms. The first kappa shape index (κ1) is 15.3. The van der Waals surface area contributed by atoms with Crippen molar-refractivity contribution in [1.29, 1.82) is 0 Å². The molecule has 4 nitrogen and oxygen atoms in total. The Labute approximate surface area is 132 Å². The van der Waals surface area contributed by atoms with Gasteiger partial charge in [0.2, 0.25) is 0 Å². The van der Waals surface area contributed by atoms with Gasteiger partial charge in [0.1, 0.15) is 0 Å². The first-order chi connectivity index (χ1) is 9.42. The summed E-state index contributed by atoms with van der Waals surface area (Å²) in [6, 6.07) is 11.8. The standard InChI is InChI=1S/C14H14INO3S/c1-10-2-7-14(8-11(10)9-17)20(18,19)16-13-5-3-12(15)4-6-13/h2-8,16-17H,9H2,1H3. The third-order valence-corrected chi connectivity index (χ3v) is 5.00. The fraction of sp³-hybridized carbons (Fsp3) is 0.143. The van der Waals surface area contributed by atoms with Crippen molar-refractivity contribution in [1.82, 2.24) is 0 Å². The van der Waals surface area contributed by atoms with Crippen LogP contribution >= 0.6 is 22.6 Å². The molecule has 2 rings (SSSR count). The molecule has 0 spiro atoms. The highest BCUT2D eigenvalue weighted by Crippen LogP contribution is 2.20. The van der Waals surface area contributed by atoms with Crippen molar-refractivity contribution in [2.24, 2.45) is 0 Å². The van der Waals surface area contributed by atoms with E-state index >= 15 is 0 Å². The molecule has 0 radical (unpaired) electrons. The van der Waals surface area contributed by atoms with E-state index < -0.39 is 10.0 Å². The zero-order chi connectivity index (χ0) is 14.8. The highest BCUT2D eigenvalue weighted by atomic mass is 127. The number of aliphatic hydroxyl groups excluding tert-OH is 1. The van der Waals surface area contributed by atoms with Crippen LogP contribution in [-0.4, -0.2) is 13.5 Å². The molecule has 0 fully saturated rings. The molecule has 0 heterocycles. The number of rotatable bonds is 4. The van der Waals surface area contributed by atoms with Gasteiger partial charge in [-0.05, 0) is 77.0 Å². The Morgan fingerprint density at radius 1 is 1.15 bits per heavy atom. The largest absolute Gasteiger partial charge is 0.392 e. The molecule has 0 atom stereocenters. The van der Waals surface area contributed by atoms with Gasteiger partial charge in [-0.15, -0.1) is 0 Å². The number of aryl methyl sites for hydroxylation is 1. The van der Waals surface area contributed by atoms with Crippen LogP contribution < -0.4 is 4.72 Å². The van der Waals surface area contributed by atoms with Crippen LogP contribution in [-0.2, 0) is 16.6 Å². The van der Waals surface area contributed by atoms with Gasteiger partial charge in [0, 0.05) is 9.26 Å². The molecule has 0 unspecified atom stereocenters. The molecular weight excluding hydrogens is 389 g/mol. The molecule has 0 aliphatic carbocycles. The normalized spacial score (nSPS) is 11.3. The van der Waals surface area contributed by atoms with Crippen molar-refractivity contribution < 1.29 is 13.5 Å². The third-order valence-electron chi connectivity index (χ3n) is 2.90. The van der Waals surface area contributed by atoms with E-state index in [0.717, 1.165) is 9.13 Å². The maximum atomic E-state index is 12.3. The van der Waals surface area contributed by atoms with Gasteiger partial charge in [-0.1, -0.05) is 6.07 Å². The van der Waals surface area contributed by atoms with Crippen LogP contribution in [0.2, 0.25) is 0 Å². The molecule has 0 saturated carbocycles. The van der Waals surface area contributed by atoms with Gasteiger partial charge in [0.05, 0.1) is 11.5 Å². The number of anilines is 1. The molecule has 6 heteroatoms. The summed E-state index contributed by atoms with van der Waals surface area (Å²) in [6.45, 7) is 1.65. The number of hydrogen-bond donors (Lipinski definition) is 2. The fourth-order valence-electron chi connectivity index (χ4n) is 1.72. The Bertz CT molecular complexity index is 712. The number of nitrogens with one attached hydrogen (secondary N) is 1. The van der Waals surface area contributed by atoms with Crippen LogP contribution in [0, 0.1) is 10.5 Å². The van der Waals surface area contributed by atoms with Gasteiger partial charge in [-0.25, -0.2) is 8.42 Å². The van der Waals surface area contributed by atoms with Gasteiger partial charge in [-0.3, -0.25) is 4.72 Å². The van der Waals surface area contributed by atoms with Gasteiger partial charge >= 0.3 is 0 Å². The SMILES string of the molecule is Cc1ccc(S(=O)(=O)Nc2ccc(I)cc2)cc1CO. The molecule has 0 aliphatic rings. The first-order valence-corrected chi connectivity index (χ1v) is 8.47. The smallest absolute Gasteiger partial charge is 0.261 e. The van der Waals surface area contributed by atoms with Crippen LogP contribution in [0.3, 0.4) is 0 Å². The highest BCUT2D eigenvalue weighted by Gasteiger charge is 2.15. The Morgan fingerprint density at radius 2 is 1.80 bits per heavy atom. The van der Waals surface area contributed by atoms with E-state index in [0.29, 0.717) is 11.3 Å². The predicted octanol–water partition coefficient (Wildman–Crippen LogP) is 2.89. The molecule has 106 valence electrons. The molecule has 20 heavy (non-hydrogen) atoms. The Kier molecular flexibility index (Phi) is 4.66. The quantitative estimate of drug-likeness (QED) is 0.772. The lowest BCUT2D eigenvalue weighted by Gasteiger charge is -2.10. The second kappa shape index (κ2) is 6.11. The van der Waals surface area contributed by atoms with E-state index in [-0.39, 0.29) is 11.5 Å². The summed E-state index contributed by atoms with van der Waals surface area (Å²) in [5.74, 6) is 0. The Morgan fingerprint density at radius 3 is 2.40 bits per heavy atom.